The van der Waals surface area contributed by atoms with Crippen molar-refractivity contribution in [1.29, 1.82) is 0 Å². The maximum absolute atomic E-state index is 14.5. The number of nitrogens with zero attached hydrogens (tertiary/aromatic N) is 5. The molecule has 0 saturated carbocycles. The first kappa shape index (κ1) is 20.3. The van der Waals surface area contributed by atoms with Crippen molar-refractivity contribution in [3.8, 4) is 17.1 Å². The predicted molar refractivity (Wildman–Crippen MR) is 114 cm³/mol. The van der Waals surface area contributed by atoms with Crippen LogP contribution in [0.25, 0.3) is 17.1 Å². The minimum absolute atomic E-state index is 0.343. The van der Waals surface area contributed by atoms with E-state index in [0.29, 0.717) is 39.9 Å². The maximum atomic E-state index is 14.5. The molecule has 0 radical (unpaired) electrons. The number of aryl methyl sites for hydroxylation is 1. The van der Waals surface area contributed by atoms with Crippen LogP contribution in [0.15, 0.2) is 58.2 Å². The average molecular weight is 424 g/mol. The van der Waals surface area contributed by atoms with Gasteiger partial charge in [0, 0.05) is 12.1 Å². The standard InChI is InChI=1S/C22H22FN5OS/c1-14(2)12-19-24-20(29-27-19)13-30-22-26-25-21(17-6-4-5-7-18(17)23)28(22)16-10-8-15(3)9-11-16/h4-11,14H,12-13H2,1-3H3. The second kappa shape index (κ2) is 8.79. The van der Waals surface area contributed by atoms with Crippen LogP contribution >= 0.6 is 11.8 Å². The van der Waals surface area contributed by atoms with Crippen LogP contribution in [0, 0.1) is 18.7 Å². The molecule has 8 heteroatoms. The van der Waals surface area contributed by atoms with Crippen LogP contribution in [0.2, 0.25) is 0 Å². The molecule has 0 fully saturated rings. The van der Waals surface area contributed by atoms with Gasteiger partial charge in [-0.25, -0.2) is 4.39 Å². The molecule has 0 unspecified atom stereocenters. The highest BCUT2D eigenvalue weighted by molar-refractivity contribution is 7.98. The van der Waals surface area contributed by atoms with Crippen molar-refractivity contribution in [2.45, 2.75) is 38.1 Å². The number of benzene rings is 2. The molecule has 6 nitrogen and oxygen atoms in total. The summed E-state index contributed by atoms with van der Waals surface area (Å²) in [6, 6.07) is 14.5. The molecule has 30 heavy (non-hydrogen) atoms. The Balaban J connectivity index is 1.67. The van der Waals surface area contributed by atoms with E-state index in [-0.39, 0.29) is 5.82 Å². The average Bonchev–Trinajstić information content (AvgIpc) is 3.34. The Morgan fingerprint density at radius 3 is 2.57 bits per heavy atom. The molecule has 0 aliphatic carbocycles. The first-order chi connectivity index (χ1) is 14.5. The normalized spacial score (nSPS) is 11.4. The number of rotatable bonds is 7. The van der Waals surface area contributed by atoms with Crippen LogP contribution in [0.3, 0.4) is 0 Å². The van der Waals surface area contributed by atoms with Crippen LogP contribution in [0.1, 0.15) is 31.1 Å². The fourth-order valence-corrected chi connectivity index (χ4v) is 3.82. The number of hydrogen-bond acceptors (Lipinski definition) is 6. The molecule has 0 spiro atoms. The summed E-state index contributed by atoms with van der Waals surface area (Å²) in [5.41, 5.74) is 2.39. The summed E-state index contributed by atoms with van der Waals surface area (Å²) in [7, 11) is 0. The van der Waals surface area contributed by atoms with Gasteiger partial charge in [-0.05, 0) is 37.1 Å². The summed E-state index contributed by atoms with van der Waals surface area (Å²) in [4.78, 5) is 4.44. The van der Waals surface area contributed by atoms with Crippen LogP contribution in [0.4, 0.5) is 4.39 Å². The van der Waals surface area contributed by atoms with Crippen molar-refractivity contribution < 1.29 is 8.91 Å². The molecular formula is C22H22FN5OS. The first-order valence-corrected chi connectivity index (χ1v) is 10.7. The first-order valence-electron chi connectivity index (χ1n) is 9.73. The molecule has 0 aliphatic rings. The van der Waals surface area contributed by atoms with Gasteiger partial charge in [0.25, 0.3) is 0 Å². The van der Waals surface area contributed by atoms with Crippen molar-refractivity contribution in [2.24, 2.45) is 5.92 Å². The molecule has 0 aliphatic heterocycles. The topological polar surface area (TPSA) is 69.6 Å². The summed E-state index contributed by atoms with van der Waals surface area (Å²) in [5, 5.41) is 13.3. The maximum Gasteiger partial charge on any atom is 0.237 e. The second-order valence-corrected chi connectivity index (χ2v) is 8.39. The van der Waals surface area contributed by atoms with E-state index in [4.69, 9.17) is 4.52 Å². The van der Waals surface area contributed by atoms with E-state index in [1.165, 1.54) is 17.8 Å². The summed E-state index contributed by atoms with van der Waals surface area (Å²) < 4.78 is 21.7. The van der Waals surface area contributed by atoms with Crippen LogP contribution in [-0.2, 0) is 12.2 Å². The lowest BCUT2D eigenvalue weighted by molar-refractivity contribution is 0.382. The highest BCUT2D eigenvalue weighted by atomic mass is 32.2. The quantitative estimate of drug-likeness (QED) is 0.378. The third-order valence-corrected chi connectivity index (χ3v) is 5.38. The minimum Gasteiger partial charge on any atom is -0.338 e. The molecule has 0 amide bonds. The molecule has 4 aromatic rings. The van der Waals surface area contributed by atoms with Crippen LogP contribution < -0.4 is 0 Å². The van der Waals surface area contributed by atoms with E-state index >= 15 is 0 Å². The molecule has 154 valence electrons. The molecule has 2 aromatic carbocycles. The second-order valence-electron chi connectivity index (χ2n) is 7.45. The number of hydrogen-bond donors (Lipinski definition) is 0. The third kappa shape index (κ3) is 4.43. The zero-order valence-corrected chi connectivity index (χ0v) is 17.9. The van der Waals surface area contributed by atoms with Gasteiger partial charge in [-0.2, -0.15) is 4.98 Å². The Labute approximate surface area is 178 Å². The van der Waals surface area contributed by atoms with Gasteiger partial charge in [0.15, 0.2) is 16.8 Å². The lowest BCUT2D eigenvalue weighted by atomic mass is 10.1. The summed E-state index contributed by atoms with van der Waals surface area (Å²) in [6.07, 6.45) is 0.769. The fraction of sp³-hybridized carbons (Fsp3) is 0.273. The van der Waals surface area contributed by atoms with E-state index in [2.05, 4.69) is 34.2 Å². The predicted octanol–water partition coefficient (Wildman–Crippen LogP) is 5.26. The van der Waals surface area contributed by atoms with Gasteiger partial charge in [0.1, 0.15) is 5.82 Å². The zero-order chi connectivity index (χ0) is 21.1. The van der Waals surface area contributed by atoms with Gasteiger partial charge in [0.05, 0.1) is 11.3 Å². The van der Waals surface area contributed by atoms with Crippen LogP contribution in [0.5, 0.6) is 0 Å². The molecule has 0 atom stereocenters. The van der Waals surface area contributed by atoms with E-state index in [1.54, 1.807) is 18.2 Å². The smallest absolute Gasteiger partial charge is 0.237 e. The summed E-state index contributed by atoms with van der Waals surface area (Å²) in [6.45, 7) is 6.24. The van der Waals surface area contributed by atoms with Gasteiger partial charge in [-0.15, -0.1) is 10.2 Å². The van der Waals surface area contributed by atoms with E-state index in [9.17, 15) is 4.39 Å². The van der Waals surface area contributed by atoms with Gasteiger partial charge in [0.2, 0.25) is 5.89 Å². The summed E-state index contributed by atoms with van der Waals surface area (Å²) >= 11 is 1.42. The Morgan fingerprint density at radius 2 is 1.83 bits per heavy atom. The van der Waals surface area contributed by atoms with Gasteiger partial charge >= 0.3 is 0 Å². The third-order valence-electron chi connectivity index (χ3n) is 4.47. The lowest BCUT2D eigenvalue weighted by Gasteiger charge is -2.10. The molecule has 0 bridgehead atoms. The van der Waals surface area contributed by atoms with E-state index in [0.717, 1.165) is 17.7 Å². The summed E-state index contributed by atoms with van der Waals surface area (Å²) in [5.74, 6) is 2.24. The van der Waals surface area contributed by atoms with E-state index < -0.39 is 0 Å². The largest absolute Gasteiger partial charge is 0.338 e. The molecular weight excluding hydrogens is 401 g/mol. The molecule has 4 rings (SSSR count). The lowest BCUT2D eigenvalue weighted by Crippen LogP contribution is -2.01. The van der Waals surface area contributed by atoms with Crippen molar-refractivity contribution in [3.05, 3.63) is 71.6 Å². The Hall–Kier alpha value is -3.00. The highest BCUT2D eigenvalue weighted by Crippen LogP contribution is 2.30. The number of aromatic nitrogens is 5. The number of thioether (sulfide) groups is 1. The SMILES string of the molecule is Cc1ccc(-n2c(SCc3nc(CC(C)C)no3)nnc2-c2ccccc2F)cc1. The highest BCUT2D eigenvalue weighted by Gasteiger charge is 2.19. The van der Waals surface area contributed by atoms with Crippen molar-refractivity contribution in [3.63, 3.8) is 0 Å². The van der Waals surface area contributed by atoms with Crippen LogP contribution in [-0.4, -0.2) is 24.9 Å². The molecule has 0 N–H and O–H groups in total. The fourth-order valence-electron chi connectivity index (χ4n) is 3.03. The Morgan fingerprint density at radius 1 is 1.07 bits per heavy atom. The van der Waals surface area contributed by atoms with Crippen molar-refractivity contribution >= 4 is 11.8 Å². The van der Waals surface area contributed by atoms with Gasteiger partial charge < -0.3 is 4.52 Å². The molecule has 2 aromatic heterocycles. The van der Waals surface area contributed by atoms with Crippen molar-refractivity contribution in [2.75, 3.05) is 0 Å². The Kier molecular flexibility index (Phi) is 5.94. The van der Waals surface area contributed by atoms with Gasteiger partial charge in [-0.3, -0.25) is 4.57 Å². The monoisotopic (exact) mass is 423 g/mol. The number of halogens is 1. The van der Waals surface area contributed by atoms with Crippen molar-refractivity contribution in [1.82, 2.24) is 24.9 Å². The van der Waals surface area contributed by atoms with E-state index in [1.807, 2.05) is 35.8 Å². The molecule has 0 saturated heterocycles. The van der Waals surface area contributed by atoms with Gasteiger partial charge in [-0.1, -0.05) is 60.6 Å². The molecule has 2 heterocycles. The Bertz CT molecular complexity index is 1140. The zero-order valence-electron chi connectivity index (χ0n) is 17.0. The minimum atomic E-state index is -0.343.